The van der Waals surface area contributed by atoms with Crippen LogP contribution in [0.5, 0.6) is 0 Å². The lowest BCUT2D eigenvalue weighted by molar-refractivity contribution is 0.601. The first kappa shape index (κ1) is 18.7. The molecule has 0 aliphatic rings. The summed E-state index contributed by atoms with van der Waals surface area (Å²) in [5, 5.41) is 17.2. The zero-order valence-electron chi connectivity index (χ0n) is 13.5. The summed E-state index contributed by atoms with van der Waals surface area (Å²) in [6.45, 7) is 0. The molecule has 128 valence electrons. The molecule has 0 atom stereocenters. The lowest BCUT2D eigenvalue weighted by Gasteiger charge is -2.02. The van der Waals surface area contributed by atoms with Crippen molar-refractivity contribution in [2.45, 2.75) is 10.6 Å². The van der Waals surface area contributed by atoms with Crippen molar-refractivity contribution in [2.24, 2.45) is 15.9 Å². The van der Waals surface area contributed by atoms with E-state index in [4.69, 9.17) is 11.0 Å². The molecule has 0 radical (unpaired) electrons. The zero-order valence-corrected chi connectivity index (χ0v) is 15.1. The summed E-state index contributed by atoms with van der Waals surface area (Å²) < 4.78 is 23.2. The van der Waals surface area contributed by atoms with Gasteiger partial charge < -0.3 is 5.73 Å². The number of nitriles is 1. The van der Waals surface area contributed by atoms with E-state index in [0.717, 1.165) is 11.8 Å². The molecule has 0 saturated carbocycles. The first-order valence-electron chi connectivity index (χ1n) is 7.17. The molecule has 0 bridgehead atoms. The fourth-order valence-corrected chi connectivity index (χ4v) is 3.38. The molecule has 2 rings (SSSR count). The maximum Gasteiger partial charge on any atom is 0.180 e. The number of rotatable bonds is 5. The highest BCUT2D eigenvalue weighted by atomic mass is 32.2. The fraction of sp³-hybridized carbons (Fsp3) is 0.118. The first-order chi connectivity index (χ1) is 11.9. The zero-order chi connectivity index (χ0) is 18.3. The molecule has 8 heteroatoms. The van der Waals surface area contributed by atoms with Gasteiger partial charge in [0.15, 0.2) is 15.0 Å². The first-order valence-corrected chi connectivity index (χ1v) is 10.1. The Hall–Kier alpha value is -2.63. The Morgan fingerprint density at radius 1 is 1.28 bits per heavy atom. The largest absolute Gasteiger partial charge is 0.377 e. The average Bonchev–Trinajstić information content (AvgIpc) is 2.60. The molecule has 6 nitrogen and oxygen atoms in total. The molecule has 0 aliphatic heterocycles. The van der Waals surface area contributed by atoms with E-state index in [9.17, 15) is 8.42 Å². The van der Waals surface area contributed by atoms with Gasteiger partial charge in [0, 0.05) is 12.0 Å². The van der Waals surface area contributed by atoms with Gasteiger partial charge in [-0.25, -0.2) is 8.42 Å². The van der Waals surface area contributed by atoms with Gasteiger partial charge in [0.25, 0.3) is 0 Å². The van der Waals surface area contributed by atoms with E-state index in [-0.39, 0.29) is 10.5 Å². The lowest BCUT2D eigenvalue weighted by atomic mass is 10.1. The molecular weight excluding hydrogens is 356 g/mol. The number of hydrogen-bond acceptors (Lipinski definition) is 6. The number of sulfone groups is 1. The van der Waals surface area contributed by atoms with Gasteiger partial charge in [-0.15, -0.1) is 5.10 Å². The summed E-state index contributed by atoms with van der Waals surface area (Å²) in [4.78, 5) is -0.00594. The van der Waals surface area contributed by atoms with Crippen LogP contribution in [0, 0.1) is 11.3 Å². The molecule has 2 aromatic rings. The van der Waals surface area contributed by atoms with Gasteiger partial charge in [-0.1, -0.05) is 48.2 Å². The number of thioether (sulfide) groups is 1. The van der Waals surface area contributed by atoms with Crippen LogP contribution in [0.4, 0.5) is 0 Å². The maximum atomic E-state index is 11.6. The van der Waals surface area contributed by atoms with Crippen molar-refractivity contribution in [1.29, 1.82) is 5.26 Å². The van der Waals surface area contributed by atoms with Crippen LogP contribution < -0.4 is 5.73 Å². The third kappa shape index (κ3) is 5.74. The van der Waals surface area contributed by atoms with Crippen LogP contribution >= 0.6 is 11.8 Å². The number of nitrogens with zero attached hydrogens (tertiary/aromatic N) is 3. The minimum Gasteiger partial charge on any atom is -0.377 e. The van der Waals surface area contributed by atoms with Crippen LogP contribution in [-0.2, 0) is 15.6 Å². The molecule has 2 aromatic carbocycles. The van der Waals surface area contributed by atoms with Crippen molar-refractivity contribution in [2.75, 3.05) is 6.26 Å². The number of benzene rings is 2. The number of hydrogen-bond donors (Lipinski definition) is 1. The molecule has 0 saturated heterocycles. The molecule has 0 aliphatic carbocycles. The Balaban J connectivity index is 2.05. The van der Waals surface area contributed by atoms with Gasteiger partial charge in [-0.3, -0.25) is 0 Å². The second kappa shape index (κ2) is 8.46. The van der Waals surface area contributed by atoms with Crippen molar-refractivity contribution in [3.8, 4) is 6.07 Å². The monoisotopic (exact) mass is 372 g/mol. The maximum absolute atomic E-state index is 11.6. The van der Waals surface area contributed by atoms with Crippen LogP contribution in [0.2, 0.25) is 0 Å². The topological polar surface area (TPSA) is 109 Å². The Morgan fingerprint density at radius 2 is 2.00 bits per heavy atom. The van der Waals surface area contributed by atoms with Crippen LogP contribution in [0.15, 0.2) is 63.6 Å². The van der Waals surface area contributed by atoms with Gasteiger partial charge >= 0.3 is 0 Å². The Morgan fingerprint density at radius 3 is 2.64 bits per heavy atom. The fourth-order valence-electron chi connectivity index (χ4n) is 1.95. The molecule has 0 unspecified atom stereocenters. The predicted octanol–water partition coefficient (Wildman–Crippen LogP) is 2.54. The second-order valence-corrected chi connectivity index (χ2v) is 8.08. The summed E-state index contributed by atoms with van der Waals surface area (Å²) in [5.74, 6) is 0.688. The Labute approximate surface area is 151 Å². The number of amidine groups is 1. The third-order valence-electron chi connectivity index (χ3n) is 3.12. The highest BCUT2D eigenvalue weighted by Gasteiger charge is 2.13. The average molecular weight is 372 g/mol. The van der Waals surface area contributed by atoms with Gasteiger partial charge in [0.05, 0.1) is 16.7 Å². The van der Waals surface area contributed by atoms with Crippen LogP contribution in [0.25, 0.3) is 0 Å². The van der Waals surface area contributed by atoms with Crippen molar-refractivity contribution >= 4 is 33.0 Å². The van der Waals surface area contributed by atoms with Crippen molar-refractivity contribution in [3.05, 3.63) is 65.2 Å². The molecule has 0 spiro atoms. The minimum absolute atomic E-state index is 0.00594. The van der Waals surface area contributed by atoms with Gasteiger partial charge in [0.1, 0.15) is 6.07 Å². The molecule has 0 aromatic heterocycles. The van der Waals surface area contributed by atoms with Gasteiger partial charge in [-0.05, 0) is 23.3 Å². The SMILES string of the molecule is CS(=O)(=O)c1ccc(C=NN=C(N)SCc2ccccc2)cc1C#N. The van der Waals surface area contributed by atoms with Crippen LogP contribution in [0.1, 0.15) is 16.7 Å². The minimum atomic E-state index is -3.45. The molecular formula is C17H16N4O2S2. The van der Waals surface area contributed by atoms with Crippen LogP contribution in [-0.4, -0.2) is 26.1 Å². The highest BCUT2D eigenvalue weighted by molar-refractivity contribution is 8.13. The third-order valence-corrected chi connectivity index (χ3v) is 5.13. The molecule has 0 fully saturated rings. The van der Waals surface area contributed by atoms with E-state index in [2.05, 4.69) is 10.2 Å². The molecule has 2 N–H and O–H groups in total. The summed E-state index contributed by atoms with van der Waals surface area (Å²) in [5.41, 5.74) is 7.55. The lowest BCUT2D eigenvalue weighted by Crippen LogP contribution is -2.06. The summed E-state index contributed by atoms with van der Waals surface area (Å²) in [6, 6.07) is 16.1. The molecule has 25 heavy (non-hydrogen) atoms. The quantitative estimate of drug-likeness (QED) is 0.493. The van der Waals surface area contributed by atoms with Crippen LogP contribution in [0.3, 0.4) is 0 Å². The summed E-state index contributed by atoms with van der Waals surface area (Å²) in [6.07, 6.45) is 2.48. The Bertz CT molecular complexity index is 946. The van der Waals surface area contributed by atoms with Crippen molar-refractivity contribution in [1.82, 2.24) is 0 Å². The Kier molecular flexibility index (Phi) is 6.33. The predicted molar refractivity (Wildman–Crippen MR) is 101 cm³/mol. The van der Waals surface area contributed by atoms with E-state index in [0.29, 0.717) is 16.5 Å². The van der Waals surface area contributed by atoms with E-state index in [1.807, 2.05) is 36.4 Å². The highest BCUT2D eigenvalue weighted by Crippen LogP contribution is 2.16. The molecule has 0 heterocycles. The standard InChI is InChI=1S/C17H16N4O2S2/c1-25(22,23)16-8-7-14(9-15(16)10-18)11-20-21-17(19)24-12-13-5-3-2-4-6-13/h2-9,11H,12H2,1H3,(H2,19,21). The van der Waals surface area contributed by atoms with E-state index >= 15 is 0 Å². The summed E-state index contributed by atoms with van der Waals surface area (Å²) >= 11 is 1.36. The second-order valence-electron chi connectivity index (χ2n) is 5.10. The van der Waals surface area contributed by atoms with Gasteiger partial charge in [-0.2, -0.15) is 10.4 Å². The van der Waals surface area contributed by atoms with E-state index in [1.54, 1.807) is 6.07 Å². The smallest absolute Gasteiger partial charge is 0.180 e. The van der Waals surface area contributed by atoms with Gasteiger partial charge in [0.2, 0.25) is 0 Å². The van der Waals surface area contributed by atoms with E-state index in [1.165, 1.54) is 30.1 Å². The van der Waals surface area contributed by atoms with Crippen molar-refractivity contribution in [3.63, 3.8) is 0 Å². The number of nitrogens with two attached hydrogens (primary N) is 1. The van der Waals surface area contributed by atoms with E-state index < -0.39 is 9.84 Å². The summed E-state index contributed by atoms with van der Waals surface area (Å²) in [7, 11) is -3.45. The molecule has 0 amide bonds. The van der Waals surface area contributed by atoms with Crippen molar-refractivity contribution < 1.29 is 8.42 Å². The normalized spacial score (nSPS) is 12.2.